The third-order valence-corrected chi connectivity index (χ3v) is 4.80. The van der Waals surface area contributed by atoms with Gasteiger partial charge in [-0.2, -0.15) is 11.3 Å². The van der Waals surface area contributed by atoms with Crippen molar-refractivity contribution in [1.29, 1.82) is 0 Å². The molecule has 1 atom stereocenters. The van der Waals surface area contributed by atoms with Crippen LogP contribution in [0.25, 0.3) is 0 Å². The molecule has 0 saturated carbocycles. The highest BCUT2D eigenvalue weighted by molar-refractivity contribution is 7.07. The standard InChI is InChI=1S/C21H29N3O3S/c1-13(2)9-24-10-17(20(26)22-14(3)4)19(25)18(11-24)21(27)23-15(5)8-16-6-7-28-12-16/h6-7,10-15H,8-9H2,1-5H3,(H,22,26)(H,23,27)/t15-/m1/s1. The molecule has 7 heteroatoms. The first-order valence-corrected chi connectivity index (χ1v) is 10.5. The predicted octanol–water partition coefficient (Wildman–Crippen LogP) is 3.07. The average molecular weight is 404 g/mol. The zero-order valence-electron chi connectivity index (χ0n) is 17.1. The third-order valence-electron chi connectivity index (χ3n) is 4.06. The lowest BCUT2D eigenvalue weighted by atomic mass is 10.1. The molecule has 2 N–H and O–H groups in total. The van der Waals surface area contributed by atoms with Crippen LogP contribution in [-0.2, 0) is 13.0 Å². The Kier molecular flexibility index (Phi) is 7.57. The van der Waals surface area contributed by atoms with E-state index in [4.69, 9.17) is 0 Å². The van der Waals surface area contributed by atoms with E-state index >= 15 is 0 Å². The van der Waals surface area contributed by atoms with Gasteiger partial charge in [-0.3, -0.25) is 14.4 Å². The van der Waals surface area contributed by atoms with Crippen LogP contribution in [-0.4, -0.2) is 28.5 Å². The Morgan fingerprint density at radius 3 is 2.14 bits per heavy atom. The van der Waals surface area contributed by atoms with Crippen LogP contribution >= 0.6 is 11.3 Å². The van der Waals surface area contributed by atoms with Crippen LogP contribution in [0.1, 0.15) is 60.9 Å². The van der Waals surface area contributed by atoms with E-state index in [9.17, 15) is 14.4 Å². The van der Waals surface area contributed by atoms with E-state index < -0.39 is 17.2 Å². The number of carbonyl (C=O) groups is 2. The molecule has 0 saturated heterocycles. The molecule has 0 radical (unpaired) electrons. The Morgan fingerprint density at radius 2 is 1.64 bits per heavy atom. The molecule has 0 fully saturated rings. The number of amides is 2. The lowest BCUT2D eigenvalue weighted by Crippen LogP contribution is -2.40. The van der Waals surface area contributed by atoms with Crippen molar-refractivity contribution in [3.8, 4) is 0 Å². The van der Waals surface area contributed by atoms with Crippen molar-refractivity contribution in [2.75, 3.05) is 0 Å². The fourth-order valence-corrected chi connectivity index (χ4v) is 3.62. The fraction of sp³-hybridized carbons (Fsp3) is 0.476. The summed E-state index contributed by atoms with van der Waals surface area (Å²) in [4.78, 5) is 38.1. The highest BCUT2D eigenvalue weighted by atomic mass is 32.1. The van der Waals surface area contributed by atoms with Gasteiger partial charge in [0.25, 0.3) is 11.8 Å². The van der Waals surface area contributed by atoms with E-state index in [0.29, 0.717) is 18.9 Å². The monoisotopic (exact) mass is 403 g/mol. The minimum Gasteiger partial charge on any atom is -0.352 e. The molecule has 0 unspecified atom stereocenters. The number of thiophene rings is 1. The van der Waals surface area contributed by atoms with Gasteiger partial charge in [-0.15, -0.1) is 0 Å². The van der Waals surface area contributed by atoms with Crippen molar-refractivity contribution in [1.82, 2.24) is 15.2 Å². The van der Waals surface area contributed by atoms with Crippen LogP contribution in [0.2, 0.25) is 0 Å². The maximum absolute atomic E-state index is 12.8. The second-order valence-corrected chi connectivity index (χ2v) is 8.62. The number of rotatable bonds is 8. The molecule has 2 rings (SSSR count). The third kappa shape index (κ3) is 6.05. The summed E-state index contributed by atoms with van der Waals surface area (Å²) in [6.45, 7) is 10.2. The van der Waals surface area contributed by atoms with E-state index in [1.54, 1.807) is 22.1 Å². The summed E-state index contributed by atoms with van der Waals surface area (Å²) in [5.41, 5.74) is 0.584. The number of hydrogen-bond donors (Lipinski definition) is 2. The van der Waals surface area contributed by atoms with Crippen LogP contribution in [0.15, 0.2) is 34.0 Å². The quantitative estimate of drug-likeness (QED) is 0.711. The summed E-state index contributed by atoms with van der Waals surface area (Å²) in [6.07, 6.45) is 3.76. The molecule has 152 valence electrons. The molecule has 2 heterocycles. The number of aromatic nitrogens is 1. The zero-order valence-corrected chi connectivity index (χ0v) is 17.9. The SMILES string of the molecule is CC(C)Cn1cc(C(=O)NC(C)C)c(=O)c(C(=O)N[C@H](C)Cc2ccsc2)c1. The molecule has 0 aliphatic heterocycles. The Balaban J connectivity index is 2.30. The largest absolute Gasteiger partial charge is 0.352 e. The molecule has 2 aromatic rings. The number of carbonyl (C=O) groups excluding carboxylic acids is 2. The van der Waals surface area contributed by atoms with E-state index in [0.717, 1.165) is 5.56 Å². The Bertz CT molecular complexity index is 870. The highest BCUT2D eigenvalue weighted by Crippen LogP contribution is 2.09. The summed E-state index contributed by atoms with van der Waals surface area (Å²) in [6, 6.07) is 1.78. The Morgan fingerprint density at radius 1 is 1.04 bits per heavy atom. The minimum absolute atomic E-state index is 0.00535. The van der Waals surface area contributed by atoms with Crippen molar-refractivity contribution in [2.24, 2.45) is 5.92 Å². The van der Waals surface area contributed by atoms with Gasteiger partial charge >= 0.3 is 0 Å². The molecular formula is C21H29N3O3S. The van der Waals surface area contributed by atoms with Crippen LogP contribution in [0, 0.1) is 5.92 Å². The smallest absolute Gasteiger partial charge is 0.256 e. The molecule has 28 heavy (non-hydrogen) atoms. The van der Waals surface area contributed by atoms with Crippen molar-refractivity contribution in [3.05, 3.63) is 56.1 Å². The lowest BCUT2D eigenvalue weighted by molar-refractivity contribution is 0.0938. The maximum Gasteiger partial charge on any atom is 0.256 e. The molecule has 0 aliphatic rings. The second-order valence-electron chi connectivity index (χ2n) is 7.84. The Labute approximate surface area is 170 Å². The predicted molar refractivity (Wildman–Crippen MR) is 113 cm³/mol. The van der Waals surface area contributed by atoms with Gasteiger partial charge in [0.2, 0.25) is 5.43 Å². The number of nitrogens with one attached hydrogen (secondary N) is 2. The first-order chi connectivity index (χ1) is 13.2. The van der Waals surface area contributed by atoms with Gasteiger partial charge in [0.1, 0.15) is 11.1 Å². The highest BCUT2D eigenvalue weighted by Gasteiger charge is 2.21. The number of pyridine rings is 1. The minimum atomic E-state index is -0.543. The van der Waals surface area contributed by atoms with E-state index in [-0.39, 0.29) is 23.2 Å². The van der Waals surface area contributed by atoms with Gasteiger partial charge in [-0.05, 0) is 55.5 Å². The van der Waals surface area contributed by atoms with Crippen LogP contribution in [0.3, 0.4) is 0 Å². The van der Waals surface area contributed by atoms with E-state index in [2.05, 4.69) is 10.6 Å². The number of hydrogen-bond acceptors (Lipinski definition) is 4. The topological polar surface area (TPSA) is 80.2 Å². The van der Waals surface area contributed by atoms with Crippen LogP contribution in [0.4, 0.5) is 0 Å². The fourth-order valence-electron chi connectivity index (χ4n) is 2.94. The van der Waals surface area contributed by atoms with Gasteiger partial charge in [-0.25, -0.2) is 0 Å². The van der Waals surface area contributed by atoms with Crippen molar-refractivity contribution < 1.29 is 9.59 Å². The van der Waals surface area contributed by atoms with Crippen LogP contribution in [0.5, 0.6) is 0 Å². The first kappa shape index (κ1) is 21.9. The van der Waals surface area contributed by atoms with E-state index in [1.807, 2.05) is 51.4 Å². The van der Waals surface area contributed by atoms with E-state index in [1.165, 1.54) is 6.20 Å². The van der Waals surface area contributed by atoms with Gasteiger partial charge in [0, 0.05) is 31.0 Å². The molecule has 0 bridgehead atoms. The lowest BCUT2D eigenvalue weighted by Gasteiger charge is -2.17. The van der Waals surface area contributed by atoms with Gasteiger partial charge < -0.3 is 15.2 Å². The summed E-state index contributed by atoms with van der Waals surface area (Å²) in [5, 5.41) is 9.65. The zero-order chi connectivity index (χ0) is 20.8. The molecule has 6 nitrogen and oxygen atoms in total. The summed E-state index contributed by atoms with van der Waals surface area (Å²) >= 11 is 1.61. The Hall–Kier alpha value is -2.41. The van der Waals surface area contributed by atoms with Gasteiger partial charge in [0.05, 0.1) is 0 Å². The molecule has 0 aliphatic carbocycles. The summed E-state index contributed by atoms with van der Waals surface area (Å²) < 4.78 is 1.75. The molecule has 0 aromatic carbocycles. The van der Waals surface area contributed by atoms with Gasteiger partial charge in [-0.1, -0.05) is 13.8 Å². The molecule has 2 amide bonds. The summed E-state index contributed by atoms with van der Waals surface area (Å²) in [7, 11) is 0. The maximum atomic E-state index is 12.8. The molecule has 0 spiro atoms. The van der Waals surface area contributed by atoms with Crippen LogP contribution < -0.4 is 16.1 Å². The molecule has 2 aromatic heterocycles. The average Bonchev–Trinajstić information content (AvgIpc) is 3.07. The van der Waals surface area contributed by atoms with Crippen molar-refractivity contribution >= 4 is 23.2 Å². The van der Waals surface area contributed by atoms with Crippen molar-refractivity contribution in [2.45, 2.75) is 59.7 Å². The number of nitrogens with zero attached hydrogens (tertiary/aromatic N) is 1. The molecular weight excluding hydrogens is 374 g/mol. The normalized spacial score (nSPS) is 12.2. The second kappa shape index (κ2) is 9.68. The van der Waals surface area contributed by atoms with Gasteiger partial charge in [0.15, 0.2) is 0 Å². The van der Waals surface area contributed by atoms with Crippen molar-refractivity contribution in [3.63, 3.8) is 0 Å². The summed E-state index contributed by atoms with van der Waals surface area (Å²) in [5.74, 6) is -0.611. The first-order valence-electron chi connectivity index (χ1n) is 9.54.